The van der Waals surface area contributed by atoms with E-state index in [1.54, 1.807) is 18.3 Å². The molecule has 1 aromatic heterocycles. The van der Waals surface area contributed by atoms with Gasteiger partial charge >= 0.3 is 6.61 Å². The van der Waals surface area contributed by atoms with Gasteiger partial charge in [0.15, 0.2) is 5.82 Å². The molecule has 0 unspecified atom stereocenters. The summed E-state index contributed by atoms with van der Waals surface area (Å²) in [5.74, 6) is 1.94. The van der Waals surface area contributed by atoms with Gasteiger partial charge in [-0.1, -0.05) is 11.6 Å². The van der Waals surface area contributed by atoms with Crippen LogP contribution < -0.4 is 15.0 Å². The number of nitrogens with zero attached hydrogens (tertiary/aromatic N) is 4. The number of fused-ring (bicyclic) bond motifs is 1. The maximum absolute atomic E-state index is 12.3. The Morgan fingerprint density at radius 1 is 1.27 bits per heavy atom. The smallest absolute Gasteiger partial charge is 0.387 e. The molecule has 1 aliphatic carbocycles. The van der Waals surface area contributed by atoms with Crippen molar-refractivity contribution in [2.45, 2.75) is 19.5 Å². The number of aromatic nitrogens is 2. The molecule has 136 valence electrons. The minimum Gasteiger partial charge on any atom is -0.435 e. The first-order chi connectivity index (χ1) is 12.6. The summed E-state index contributed by atoms with van der Waals surface area (Å²) in [6.07, 6.45) is 4.09. The third-order valence-corrected chi connectivity index (χ3v) is 4.36. The molecule has 1 saturated carbocycles. The van der Waals surface area contributed by atoms with E-state index < -0.39 is 6.61 Å². The molecule has 26 heavy (non-hydrogen) atoms. The second kappa shape index (κ2) is 7.03. The van der Waals surface area contributed by atoms with Crippen molar-refractivity contribution < 1.29 is 13.5 Å². The van der Waals surface area contributed by atoms with Gasteiger partial charge in [0, 0.05) is 12.2 Å². The highest BCUT2D eigenvalue weighted by molar-refractivity contribution is 6.66. The van der Waals surface area contributed by atoms with E-state index in [9.17, 15) is 8.78 Å². The van der Waals surface area contributed by atoms with E-state index in [0.29, 0.717) is 35.1 Å². The summed E-state index contributed by atoms with van der Waals surface area (Å²) in [5.41, 5.74) is 1.30. The van der Waals surface area contributed by atoms with Crippen LogP contribution in [0.15, 0.2) is 35.5 Å². The maximum Gasteiger partial charge on any atom is 0.387 e. The maximum atomic E-state index is 12.3. The molecule has 0 spiro atoms. The van der Waals surface area contributed by atoms with Crippen LogP contribution >= 0.6 is 11.6 Å². The Bertz CT molecular complexity index is 826. The third kappa shape index (κ3) is 3.85. The topological polar surface area (TPSA) is 62.6 Å². The minimum absolute atomic E-state index is 0.0928. The molecule has 2 aromatic rings. The number of alkyl halides is 2. The molecule has 2 heterocycles. The first-order valence-corrected chi connectivity index (χ1v) is 8.62. The quantitative estimate of drug-likeness (QED) is 0.809. The third-order valence-electron chi connectivity index (χ3n) is 4.16. The van der Waals surface area contributed by atoms with Gasteiger partial charge in [-0.2, -0.15) is 13.8 Å². The average molecular weight is 380 g/mol. The van der Waals surface area contributed by atoms with Crippen LogP contribution in [0.2, 0.25) is 0 Å². The van der Waals surface area contributed by atoms with Crippen molar-refractivity contribution in [1.82, 2.24) is 9.97 Å². The van der Waals surface area contributed by atoms with Crippen molar-refractivity contribution in [2.24, 2.45) is 10.9 Å². The van der Waals surface area contributed by atoms with Crippen LogP contribution in [0.1, 0.15) is 12.8 Å². The highest BCUT2D eigenvalue weighted by Gasteiger charge is 2.24. The van der Waals surface area contributed by atoms with Crippen molar-refractivity contribution in [3.63, 3.8) is 0 Å². The van der Waals surface area contributed by atoms with Gasteiger partial charge in [-0.15, -0.1) is 0 Å². The van der Waals surface area contributed by atoms with Crippen molar-refractivity contribution >= 4 is 39.9 Å². The molecular weight excluding hydrogens is 364 g/mol. The van der Waals surface area contributed by atoms with Gasteiger partial charge in [0.05, 0.1) is 12.7 Å². The van der Waals surface area contributed by atoms with Crippen molar-refractivity contribution in [2.75, 3.05) is 23.3 Å². The monoisotopic (exact) mass is 379 g/mol. The number of hydrogen-bond acceptors (Lipinski definition) is 6. The Morgan fingerprint density at radius 2 is 2.04 bits per heavy atom. The molecule has 0 saturated heterocycles. The van der Waals surface area contributed by atoms with Crippen LogP contribution in [0.4, 0.5) is 31.9 Å². The lowest BCUT2D eigenvalue weighted by molar-refractivity contribution is -0.0498. The number of rotatable bonds is 6. The van der Waals surface area contributed by atoms with E-state index in [1.165, 1.54) is 25.0 Å². The van der Waals surface area contributed by atoms with E-state index in [-0.39, 0.29) is 5.75 Å². The van der Waals surface area contributed by atoms with E-state index in [0.717, 1.165) is 12.2 Å². The summed E-state index contributed by atoms with van der Waals surface area (Å²) in [6, 6.07) is 6.31. The summed E-state index contributed by atoms with van der Waals surface area (Å²) in [6.45, 7) is -1.67. The van der Waals surface area contributed by atoms with Crippen molar-refractivity contribution in [3.8, 4) is 5.75 Å². The molecule has 0 amide bonds. The van der Waals surface area contributed by atoms with Gasteiger partial charge in [0.2, 0.25) is 5.95 Å². The van der Waals surface area contributed by atoms with Gasteiger partial charge in [-0.25, -0.2) is 9.98 Å². The van der Waals surface area contributed by atoms with E-state index in [2.05, 4.69) is 25.0 Å². The molecule has 6 nitrogen and oxygen atoms in total. The van der Waals surface area contributed by atoms with Crippen molar-refractivity contribution in [3.05, 3.63) is 30.5 Å². The summed E-state index contributed by atoms with van der Waals surface area (Å²) in [5, 5.41) is 3.63. The minimum atomic E-state index is -2.86. The molecule has 0 radical (unpaired) electrons. The molecular formula is C17H16ClF2N5O. The summed E-state index contributed by atoms with van der Waals surface area (Å²) < 4.78 is 29.0. The van der Waals surface area contributed by atoms with Gasteiger partial charge < -0.3 is 15.0 Å². The fourth-order valence-electron chi connectivity index (χ4n) is 2.68. The number of nitrogens with one attached hydrogen (secondary N) is 1. The van der Waals surface area contributed by atoms with E-state index >= 15 is 0 Å². The average Bonchev–Trinajstić information content (AvgIpc) is 3.44. The molecule has 0 atom stereocenters. The zero-order chi connectivity index (χ0) is 18.1. The van der Waals surface area contributed by atoms with Gasteiger partial charge in [0.25, 0.3) is 0 Å². The summed E-state index contributed by atoms with van der Waals surface area (Å²) in [7, 11) is 0. The van der Waals surface area contributed by atoms with Crippen LogP contribution in [0.3, 0.4) is 0 Å². The van der Waals surface area contributed by atoms with Crippen molar-refractivity contribution in [1.29, 1.82) is 0 Å². The van der Waals surface area contributed by atoms with Crippen LogP contribution in [-0.4, -0.2) is 34.8 Å². The number of aliphatic imine (C=N–C) groups is 1. The van der Waals surface area contributed by atoms with Crippen LogP contribution in [0.5, 0.6) is 5.75 Å². The predicted octanol–water partition coefficient (Wildman–Crippen LogP) is 4.32. The zero-order valence-electron chi connectivity index (χ0n) is 13.7. The fraction of sp³-hybridized carbons (Fsp3) is 0.353. The standard InChI is InChI=1S/C17H16ClF2N5O/c18-14-9-25(11-3-5-12(6-4-11)26-16(19)20)15-13(23-14)8-22-17(24-15)21-7-10-1-2-10/h3-6,8,10,16H,1-2,7,9H2,(H,21,22,24). The SMILES string of the molecule is FC(F)Oc1ccc(N2CC(Cl)=Nc3cnc(NCC4CC4)nc32)cc1. The predicted molar refractivity (Wildman–Crippen MR) is 96.3 cm³/mol. The van der Waals surface area contributed by atoms with Gasteiger partial charge in [-0.3, -0.25) is 0 Å². The zero-order valence-corrected chi connectivity index (χ0v) is 14.5. The van der Waals surface area contributed by atoms with Gasteiger partial charge in [0.1, 0.15) is 16.6 Å². The molecule has 9 heteroatoms. The Balaban J connectivity index is 1.60. The molecule has 1 aliphatic heterocycles. The Labute approximate surface area is 153 Å². The Kier molecular flexibility index (Phi) is 4.58. The van der Waals surface area contributed by atoms with Gasteiger partial charge in [-0.05, 0) is 43.0 Å². The fourth-order valence-corrected chi connectivity index (χ4v) is 2.89. The second-order valence-electron chi connectivity index (χ2n) is 6.17. The molecule has 4 rings (SSSR count). The number of hydrogen-bond donors (Lipinski definition) is 1. The number of ether oxygens (including phenoxy) is 1. The first-order valence-electron chi connectivity index (χ1n) is 8.25. The lowest BCUT2D eigenvalue weighted by Crippen LogP contribution is -2.27. The number of benzene rings is 1. The molecule has 1 aromatic carbocycles. The highest BCUT2D eigenvalue weighted by Crippen LogP contribution is 2.37. The Morgan fingerprint density at radius 3 is 2.73 bits per heavy atom. The van der Waals surface area contributed by atoms with E-state index in [1.807, 2.05) is 4.90 Å². The lowest BCUT2D eigenvalue weighted by Gasteiger charge is -2.27. The van der Waals surface area contributed by atoms with E-state index in [4.69, 9.17) is 11.6 Å². The first kappa shape index (κ1) is 17.0. The number of anilines is 3. The molecule has 0 bridgehead atoms. The summed E-state index contributed by atoms with van der Waals surface area (Å²) in [4.78, 5) is 15.0. The van der Waals surface area contributed by atoms with Crippen LogP contribution in [0.25, 0.3) is 0 Å². The highest BCUT2D eigenvalue weighted by atomic mass is 35.5. The lowest BCUT2D eigenvalue weighted by atomic mass is 10.2. The van der Waals surface area contributed by atoms with Crippen LogP contribution in [0, 0.1) is 5.92 Å². The normalized spacial score (nSPS) is 16.3. The molecule has 2 aliphatic rings. The van der Waals surface area contributed by atoms with Crippen LogP contribution in [-0.2, 0) is 0 Å². The number of halogens is 3. The molecule has 1 N–H and O–H groups in total. The Hall–Kier alpha value is -2.48. The second-order valence-corrected chi connectivity index (χ2v) is 6.61. The molecule has 1 fully saturated rings. The largest absolute Gasteiger partial charge is 0.435 e. The summed E-state index contributed by atoms with van der Waals surface area (Å²) >= 11 is 6.15.